The second kappa shape index (κ2) is 16.7. The standard InChI is InChI=1S/C27H51NO12/c1-3-4-5-6-7-8-9-10-11-12-13-14-15-28-26(16-29)27(17(2)30,22(35)21(34)24(37)39-26)40-25-20(33)18(31)19(32)23(36)38-25/h18-25,28-29,31-37H,3-16H2,1-2H3/t18-,19-,20+,21+,22-,23-,24+,25-,26+,27-/m0/s1. The molecule has 236 valence electrons. The first-order valence-electron chi connectivity index (χ1n) is 14.6. The Morgan fingerprint density at radius 1 is 0.750 bits per heavy atom. The highest BCUT2D eigenvalue weighted by molar-refractivity contribution is 5.88. The lowest BCUT2D eigenvalue weighted by Crippen LogP contribution is -2.82. The van der Waals surface area contributed by atoms with E-state index in [1.165, 1.54) is 44.9 Å². The third-order valence-corrected chi connectivity index (χ3v) is 7.99. The highest BCUT2D eigenvalue weighted by Gasteiger charge is 2.69. The van der Waals surface area contributed by atoms with Gasteiger partial charge < -0.3 is 55.1 Å². The van der Waals surface area contributed by atoms with Gasteiger partial charge in [-0.1, -0.05) is 77.6 Å². The Hall–Kier alpha value is -0.810. The molecule has 9 N–H and O–H groups in total. The average molecular weight is 582 g/mol. The van der Waals surface area contributed by atoms with Crippen LogP contribution in [0.2, 0.25) is 0 Å². The minimum absolute atomic E-state index is 0.157. The molecule has 13 nitrogen and oxygen atoms in total. The molecule has 0 amide bonds. The van der Waals surface area contributed by atoms with Crippen molar-refractivity contribution in [3.8, 4) is 0 Å². The Bertz CT molecular complexity index is 746. The predicted octanol–water partition coefficient (Wildman–Crippen LogP) is -0.862. The monoisotopic (exact) mass is 581 g/mol. The first-order valence-corrected chi connectivity index (χ1v) is 14.6. The largest absolute Gasteiger partial charge is 0.392 e. The molecular weight excluding hydrogens is 530 g/mol. The van der Waals surface area contributed by atoms with E-state index in [1.807, 2.05) is 0 Å². The fourth-order valence-corrected chi connectivity index (χ4v) is 5.49. The van der Waals surface area contributed by atoms with E-state index in [9.17, 15) is 45.6 Å². The van der Waals surface area contributed by atoms with Crippen molar-refractivity contribution in [3.05, 3.63) is 0 Å². The zero-order chi connectivity index (χ0) is 29.9. The van der Waals surface area contributed by atoms with Crippen LogP contribution >= 0.6 is 0 Å². The Morgan fingerprint density at radius 2 is 1.27 bits per heavy atom. The topological polar surface area (TPSA) is 219 Å². The molecule has 0 radical (unpaired) electrons. The van der Waals surface area contributed by atoms with Gasteiger partial charge >= 0.3 is 0 Å². The summed E-state index contributed by atoms with van der Waals surface area (Å²) >= 11 is 0. The number of carbonyl (C=O) groups is 1. The summed E-state index contributed by atoms with van der Waals surface area (Å²) in [5.41, 5.74) is -4.99. The summed E-state index contributed by atoms with van der Waals surface area (Å²) in [6.45, 7) is 2.31. The molecule has 0 aliphatic carbocycles. The van der Waals surface area contributed by atoms with Crippen molar-refractivity contribution in [2.45, 2.75) is 152 Å². The number of ketones is 1. The second-order valence-electron chi connectivity index (χ2n) is 11.0. The Balaban J connectivity index is 2.03. The zero-order valence-corrected chi connectivity index (χ0v) is 23.7. The Labute approximate surface area is 236 Å². The van der Waals surface area contributed by atoms with Crippen molar-refractivity contribution < 1.29 is 59.9 Å². The van der Waals surface area contributed by atoms with Crippen LogP contribution in [0.25, 0.3) is 0 Å². The maximum atomic E-state index is 13.1. The molecule has 2 fully saturated rings. The lowest BCUT2D eigenvalue weighted by atomic mass is 9.76. The first-order chi connectivity index (χ1) is 19.0. The van der Waals surface area contributed by atoms with Crippen LogP contribution in [0.1, 0.15) is 90.9 Å². The zero-order valence-electron chi connectivity index (χ0n) is 23.7. The van der Waals surface area contributed by atoms with Crippen molar-refractivity contribution >= 4 is 5.78 Å². The summed E-state index contributed by atoms with van der Waals surface area (Å²) in [7, 11) is 0. The second-order valence-corrected chi connectivity index (χ2v) is 11.0. The number of aliphatic hydroxyl groups excluding tert-OH is 8. The van der Waals surface area contributed by atoms with Crippen molar-refractivity contribution in [1.29, 1.82) is 0 Å². The third-order valence-electron chi connectivity index (χ3n) is 7.99. The van der Waals surface area contributed by atoms with Gasteiger partial charge in [-0.3, -0.25) is 10.1 Å². The van der Waals surface area contributed by atoms with Crippen molar-refractivity contribution in [2.24, 2.45) is 0 Å². The molecule has 0 unspecified atom stereocenters. The van der Waals surface area contributed by atoms with E-state index < -0.39 is 73.1 Å². The maximum absolute atomic E-state index is 13.1. The first kappa shape index (κ1) is 35.4. The molecule has 0 aromatic rings. The number of hydrogen-bond donors (Lipinski definition) is 9. The van der Waals surface area contributed by atoms with Crippen LogP contribution in [0.15, 0.2) is 0 Å². The minimum atomic E-state index is -2.68. The van der Waals surface area contributed by atoms with Crippen molar-refractivity contribution in [3.63, 3.8) is 0 Å². The highest BCUT2D eigenvalue weighted by atomic mass is 16.8. The number of rotatable bonds is 18. The quantitative estimate of drug-likeness (QED) is 0.0901. The smallest absolute Gasteiger partial charge is 0.202 e. The predicted molar refractivity (Wildman–Crippen MR) is 141 cm³/mol. The van der Waals surface area contributed by atoms with Crippen LogP contribution in [0.3, 0.4) is 0 Å². The average Bonchev–Trinajstić information content (AvgIpc) is 2.93. The summed E-state index contributed by atoms with van der Waals surface area (Å²) in [6.07, 6.45) is -2.81. The van der Waals surface area contributed by atoms with E-state index in [0.717, 1.165) is 32.6 Å². The SMILES string of the molecule is CCCCCCCCCCCCCCN[C@]1(CO)O[C@@H](O)[C@H](O)[C@H](O)[C@@]1(O[C@@H]1O[C@H](O)[C@@H](O)[C@H](O)[C@H]1O)C(C)=O. The molecule has 2 rings (SSSR count). The van der Waals surface area contributed by atoms with E-state index in [0.29, 0.717) is 6.42 Å². The lowest BCUT2D eigenvalue weighted by Gasteiger charge is -2.56. The highest BCUT2D eigenvalue weighted by Crippen LogP contribution is 2.42. The number of aliphatic hydroxyl groups is 8. The van der Waals surface area contributed by atoms with Gasteiger partial charge in [0.2, 0.25) is 5.60 Å². The van der Waals surface area contributed by atoms with Gasteiger partial charge in [0.15, 0.2) is 30.4 Å². The van der Waals surface area contributed by atoms with Crippen LogP contribution in [0.4, 0.5) is 0 Å². The van der Waals surface area contributed by atoms with Crippen LogP contribution in [0, 0.1) is 0 Å². The molecular formula is C27H51NO12. The van der Waals surface area contributed by atoms with Gasteiger partial charge in [-0.25, -0.2) is 0 Å². The molecule has 10 atom stereocenters. The molecule has 13 heteroatoms. The minimum Gasteiger partial charge on any atom is -0.392 e. The van der Waals surface area contributed by atoms with Gasteiger partial charge in [-0.2, -0.15) is 0 Å². The maximum Gasteiger partial charge on any atom is 0.202 e. The number of hydrogen-bond acceptors (Lipinski definition) is 13. The summed E-state index contributed by atoms with van der Waals surface area (Å²) in [6, 6.07) is 0. The van der Waals surface area contributed by atoms with Crippen LogP contribution < -0.4 is 5.32 Å². The van der Waals surface area contributed by atoms with Crippen LogP contribution in [-0.2, 0) is 19.0 Å². The van der Waals surface area contributed by atoms with Gasteiger partial charge in [-0.15, -0.1) is 0 Å². The van der Waals surface area contributed by atoms with Crippen molar-refractivity contribution in [1.82, 2.24) is 5.32 Å². The Morgan fingerprint density at radius 3 is 1.77 bits per heavy atom. The fraction of sp³-hybridized carbons (Fsp3) is 0.963. The molecule has 2 saturated heterocycles. The lowest BCUT2D eigenvalue weighted by molar-refractivity contribution is -0.416. The molecule has 2 heterocycles. The summed E-state index contributed by atoms with van der Waals surface area (Å²) in [4.78, 5) is 13.1. The van der Waals surface area contributed by atoms with E-state index in [1.54, 1.807) is 0 Å². The number of nitrogens with one attached hydrogen (secondary N) is 1. The molecule has 0 saturated carbocycles. The molecule has 0 spiro atoms. The van der Waals surface area contributed by atoms with E-state index >= 15 is 0 Å². The molecule has 0 bridgehead atoms. The molecule has 0 aromatic heterocycles. The van der Waals surface area contributed by atoms with Crippen molar-refractivity contribution in [2.75, 3.05) is 13.2 Å². The number of Topliss-reactive ketones (excluding diaryl/α,β-unsaturated/α-hetero) is 1. The molecule has 2 aliphatic heterocycles. The summed E-state index contributed by atoms with van der Waals surface area (Å²) in [5, 5.41) is 85.1. The fourth-order valence-electron chi connectivity index (χ4n) is 5.49. The summed E-state index contributed by atoms with van der Waals surface area (Å²) in [5.74, 6) is -0.979. The number of carbonyl (C=O) groups excluding carboxylic acids is 1. The van der Waals surface area contributed by atoms with E-state index in [2.05, 4.69) is 12.2 Å². The molecule has 40 heavy (non-hydrogen) atoms. The van der Waals surface area contributed by atoms with E-state index in [-0.39, 0.29) is 6.54 Å². The number of ether oxygens (including phenoxy) is 3. The molecule has 0 aromatic carbocycles. The van der Waals surface area contributed by atoms with Gasteiger partial charge in [0.1, 0.15) is 30.5 Å². The Kier molecular flexibility index (Phi) is 14.8. The van der Waals surface area contributed by atoms with E-state index in [4.69, 9.17) is 14.2 Å². The normalized spacial score (nSPS) is 38.5. The van der Waals surface area contributed by atoms with Gasteiger partial charge in [0, 0.05) is 0 Å². The van der Waals surface area contributed by atoms with Crippen LogP contribution in [-0.4, -0.2) is 121 Å². The van der Waals surface area contributed by atoms with Crippen LogP contribution in [0.5, 0.6) is 0 Å². The number of unbranched alkanes of at least 4 members (excludes halogenated alkanes) is 11. The summed E-state index contributed by atoms with van der Waals surface area (Å²) < 4.78 is 16.2. The van der Waals surface area contributed by atoms with Gasteiger partial charge in [-0.05, 0) is 19.9 Å². The van der Waals surface area contributed by atoms with Gasteiger partial charge in [0.25, 0.3) is 0 Å². The third kappa shape index (κ3) is 8.17. The van der Waals surface area contributed by atoms with Gasteiger partial charge in [0.05, 0.1) is 6.61 Å². The molecule has 2 aliphatic rings.